The van der Waals surface area contributed by atoms with E-state index in [4.69, 9.17) is 8.85 Å². The van der Waals surface area contributed by atoms with Crippen molar-refractivity contribution in [3.8, 4) is 5.75 Å². The Morgan fingerprint density at radius 2 is 2.44 bits per heavy atom. The van der Waals surface area contributed by atoms with Crippen LogP contribution in [0.3, 0.4) is 0 Å². The normalized spacial score (nSPS) is 24.7. The van der Waals surface area contributed by atoms with Gasteiger partial charge in [-0.3, -0.25) is 4.79 Å². The number of likely N-dealkylation sites (N-methyl/N-ethyl adjacent to an activating group) is 1. The Bertz CT molecular complexity index is 516. The number of amides is 1. The highest BCUT2D eigenvalue weighted by atomic mass is 16.5. The molecule has 0 aromatic heterocycles. The summed E-state index contributed by atoms with van der Waals surface area (Å²) in [6.07, 6.45) is 2.34. The summed E-state index contributed by atoms with van der Waals surface area (Å²) in [7, 11) is -0.596. The fraction of sp³-hybridized carbons (Fsp3) is 0.533. The van der Waals surface area contributed by atoms with Crippen molar-refractivity contribution in [2.45, 2.75) is 38.1 Å². The van der Waals surface area contributed by atoms with Gasteiger partial charge < -0.3 is 9.64 Å². The van der Waals surface area contributed by atoms with Crippen molar-refractivity contribution in [3.05, 3.63) is 29.8 Å². The second-order valence-corrected chi connectivity index (χ2v) is 4.84. The van der Waals surface area contributed by atoms with E-state index in [9.17, 15) is 4.79 Å². The number of carbonyl (C=O) groups is 1. The Hall–Kier alpha value is -1.51. The highest BCUT2D eigenvalue weighted by Gasteiger charge is 2.42. The van der Waals surface area contributed by atoms with Gasteiger partial charge in [-0.1, -0.05) is 19.1 Å². The Labute approximate surface area is 113 Å². The van der Waals surface area contributed by atoms with Gasteiger partial charge in [-0.05, 0) is 30.5 Å². The molecule has 0 spiro atoms. The summed E-state index contributed by atoms with van der Waals surface area (Å²) in [4.78, 5) is 13.7. The number of nitrogens with zero attached hydrogens (tertiary/aromatic N) is 1. The van der Waals surface area contributed by atoms with Gasteiger partial charge in [0, 0.05) is 25.4 Å². The van der Waals surface area contributed by atoms with Crippen LogP contribution in [-0.4, -0.2) is 30.9 Å². The third kappa shape index (κ3) is 2.66. The average molecular weight is 250 g/mol. The number of hydrogen-bond acceptors (Lipinski definition) is 2. The molecule has 3 heteroatoms. The largest absolute Gasteiger partial charge is 0.497 e. The molecule has 1 aliphatic rings. The van der Waals surface area contributed by atoms with Crippen LogP contribution in [0.5, 0.6) is 5.75 Å². The minimum atomic E-state index is -2.44. The lowest BCUT2D eigenvalue weighted by Crippen LogP contribution is -2.29. The Morgan fingerprint density at radius 1 is 1.61 bits per heavy atom. The van der Waals surface area contributed by atoms with Gasteiger partial charge in [-0.25, -0.2) is 0 Å². The maximum atomic E-state index is 11.9. The number of carbonyl (C=O) groups excluding carboxylic acids is 1. The van der Waals surface area contributed by atoms with Gasteiger partial charge in [0.15, 0.2) is 0 Å². The maximum Gasteiger partial charge on any atom is 0.222 e. The molecule has 0 heterocycles. The topological polar surface area (TPSA) is 29.5 Å². The van der Waals surface area contributed by atoms with Crippen molar-refractivity contribution in [2.24, 2.45) is 0 Å². The first-order valence-corrected chi connectivity index (χ1v) is 6.36. The fourth-order valence-corrected chi connectivity index (χ4v) is 2.35. The fourth-order valence-electron chi connectivity index (χ4n) is 2.35. The molecule has 1 saturated carbocycles. The van der Waals surface area contributed by atoms with Gasteiger partial charge in [0.2, 0.25) is 5.91 Å². The molecule has 0 saturated heterocycles. The van der Waals surface area contributed by atoms with Crippen LogP contribution in [0.15, 0.2) is 24.3 Å². The van der Waals surface area contributed by atoms with E-state index >= 15 is 0 Å². The molecule has 0 radical (unpaired) electrons. The molecule has 1 aliphatic carbocycles. The summed E-state index contributed by atoms with van der Waals surface area (Å²) < 4.78 is 26.3. The molecule has 18 heavy (non-hydrogen) atoms. The predicted molar refractivity (Wildman–Crippen MR) is 71.8 cm³/mol. The Kier molecular flexibility index (Phi) is 2.84. The second kappa shape index (κ2) is 5.42. The summed E-state index contributed by atoms with van der Waals surface area (Å²) in [5.41, 5.74) is 1.03. The molecule has 3 nitrogen and oxygen atoms in total. The van der Waals surface area contributed by atoms with Crippen LogP contribution in [0.2, 0.25) is 0 Å². The van der Waals surface area contributed by atoms with E-state index in [1.54, 1.807) is 18.2 Å². The van der Waals surface area contributed by atoms with Crippen molar-refractivity contribution in [3.63, 3.8) is 0 Å². The third-order valence-corrected chi connectivity index (χ3v) is 3.52. The highest BCUT2D eigenvalue weighted by molar-refractivity contribution is 5.76. The van der Waals surface area contributed by atoms with E-state index in [0.717, 1.165) is 18.4 Å². The second-order valence-electron chi connectivity index (χ2n) is 4.84. The molecule has 2 unspecified atom stereocenters. The van der Waals surface area contributed by atoms with Crippen LogP contribution in [0.4, 0.5) is 0 Å². The molecule has 0 aliphatic heterocycles. The summed E-state index contributed by atoms with van der Waals surface area (Å²) in [6.45, 7) is 1.99. The van der Waals surface area contributed by atoms with Crippen molar-refractivity contribution < 1.29 is 13.6 Å². The summed E-state index contributed by atoms with van der Waals surface area (Å²) >= 11 is 0. The van der Waals surface area contributed by atoms with Crippen LogP contribution in [0.1, 0.15) is 41.8 Å². The Balaban J connectivity index is 2.01. The van der Waals surface area contributed by atoms with E-state index in [1.165, 1.54) is 0 Å². The molecule has 0 bridgehead atoms. The molecule has 1 aromatic rings. The molecule has 0 N–H and O–H groups in total. The van der Waals surface area contributed by atoms with Gasteiger partial charge in [0.1, 0.15) is 5.75 Å². The van der Waals surface area contributed by atoms with Crippen LogP contribution in [0.25, 0.3) is 0 Å². The van der Waals surface area contributed by atoms with E-state index in [0.29, 0.717) is 12.2 Å². The van der Waals surface area contributed by atoms with E-state index < -0.39 is 7.04 Å². The number of hydrogen-bond donors (Lipinski definition) is 0. The van der Waals surface area contributed by atoms with Gasteiger partial charge in [-0.15, -0.1) is 0 Å². The lowest BCUT2D eigenvalue weighted by molar-refractivity contribution is -0.130. The smallest absolute Gasteiger partial charge is 0.222 e. The molecule has 98 valence electrons. The van der Waals surface area contributed by atoms with E-state index in [2.05, 4.69) is 0 Å². The minimum absolute atomic E-state index is 0.167. The quantitative estimate of drug-likeness (QED) is 0.804. The number of rotatable bonds is 5. The SMILES string of the molecule is [2H]C([2H])([2H])Oc1cccc(C2CC2N(C)C(=O)CCC)c1. The average Bonchev–Trinajstić information content (AvgIpc) is 3.16. The van der Waals surface area contributed by atoms with Crippen LogP contribution >= 0.6 is 0 Å². The molecule has 1 fully saturated rings. The zero-order valence-corrected chi connectivity index (χ0v) is 10.8. The highest BCUT2D eigenvalue weighted by Crippen LogP contribution is 2.45. The standard InChI is InChI=1S/C15H21NO2/c1-4-6-15(17)16(2)14-10-13(14)11-7-5-8-12(9-11)18-3/h5,7-9,13-14H,4,6,10H2,1-3H3/i3D3. The molecular formula is C15H21NO2. The van der Waals surface area contributed by atoms with Crippen molar-refractivity contribution in [1.29, 1.82) is 0 Å². The molecular weight excluding hydrogens is 226 g/mol. The van der Waals surface area contributed by atoms with Gasteiger partial charge >= 0.3 is 0 Å². The number of ether oxygens (including phenoxy) is 1. The zero-order chi connectivity index (χ0) is 15.6. The summed E-state index contributed by atoms with van der Waals surface area (Å²) in [5, 5.41) is 0. The first-order chi connectivity index (χ1) is 9.81. The molecule has 1 amide bonds. The zero-order valence-electron chi connectivity index (χ0n) is 13.8. The van der Waals surface area contributed by atoms with Crippen LogP contribution in [-0.2, 0) is 4.79 Å². The summed E-state index contributed by atoms with van der Waals surface area (Å²) in [6, 6.07) is 7.36. The predicted octanol–water partition coefficient (Wildman–Crippen LogP) is 2.81. The van der Waals surface area contributed by atoms with Crippen LogP contribution in [0, 0.1) is 0 Å². The van der Waals surface area contributed by atoms with Crippen molar-refractivity contribution >= 4 is 5.91 Å². The minimum Gasteiger partial charge on any atom is -0.497 e. The first kappa shape index (κ1) is 9.42. The van der Waals surface area contributed by atoms with Crippen molar-refractivity contribution in [1.82, 2.24) is 4.90 Å². The van der Waals surface area contributed by atoms with E-state index in [1.807, 2.05) is 24.9 Å². The van der Waals surface area contributed by atoms with Gasteiger partial charge in [0.05, 0.1) is 11.2 Å². The van der Waals surface area contributed by atoms with Crippen LogP contribution < -0.4 is 4.74 Å². The maximum absolute atomic E-state index is 11.9. The first-order valence-electron chi connectivity index (χ1n) is 7.86. The van der Waals surface area contributed by atoms with Gasteiger partial charge in [-0.2, -0.15) is 0 Å². The molecule has 1 aromatic carbocycles. The molecule has 2 atom stereocenters. The Morgan fingerprint density at radius 3 is 3.17 bits per heavy atom. The summed E-state index contributed by atoms with van der Waals surface area (Å²) in [5.74, 6) is 0.788. The third-order valence-electron chi connectivity index (χ3n) is 3.52. The van der Waals surface area contributed by atoms with Gasteiger partial charge in [0.25, 0.3) is 0 Å². The number of methoxy groups -OCH3 is 1. The lowest BCUT2D eigenvalue weighted by atomic mass is 10.1. The molecule has 2 rings (SSSR count). The number of benzene rings is 1. The van der Waals surface area contributed by atoms with Crippen molar-refractivity contribution in [2.75, 3.05) is 14.1 Å². The monoisotopic (exact) mass is 250 g/mol. The van der Waals surface area contributed by atoms with E-state index in [-0.39, 0.29) is 17.9 Å². The lowest BCUT2D eigenvalue weighted by Gasteiger charge is -2.17.